The highest BCUT2D eigenvalue weighted by molar-refractivity contribution is 6.30. The molecule has 1 aliphatic rings. The highest BCUT2D eigenvalue weighted by Crippen LogP contribution is 2.00. The second-order valence-corrected chi connectivity index (χ2v) is 3.06. The Labute approximate surface area is 78.0 Å². The van der Waals surface area contributed by atoms with Crippen molar-refractivity contribution in [3.05, 3.63) is 29.5 Å². The molecule has 0 saturated carbocycles. The van der Waals surface area contributed by atoms with E-state index < -0.39 is 0 Å². The largest absolute Gasteiger partial charge is 0.317 e. The minimum atomic E-state index is 0.683. The predicted molar refractivity (Wildman–Crippen MR) is 51.4 cm³/mol. The van der Waals surface area contributed by atoms with Crippen LogP contribution in [0.2, 0.25) is 5.02 Å². The summed E-state index contributed by atoms with van der Waals surface area (Å²) in [6.45, 7) is 2.50. The lowest BCUT2D eigenvalue weighted by Gasteiger charge is -1.79. The maximum atomic E-state index is 5.48. The van der Waals surface area contributed by atoms with E-state index in [1.165, 1.54) is 25.9 Å². The maximum Gasteiger partial charge on any atom is 0.0589 e. The minimum Gasteiger partial charge on any atom is -0.317 e. The Bertz CT molecular complexity index is 189. The average molecular weight is 185 g/mol. The van der Waals surface area contributed by atoms with E-state index in [2.05, 4.69) is 10.3 Å². The van der Waals surface area contributed by atoms with E-state index in [-0.39, 0.29) is 0 Å². The molecule has 0 aliphatic carbocycles. The van der Waals surface area contributed by atoms with Crippen molar-refractivity contribution in [1.29, 1.82) is 0 Å². The summed E-state index contributed by atoms with van der Waals surface area (Å²) < 4.78 is 0. The highest BCUT2D eigenvalue weighted by atomic mass is 35.5. The smallest absolute Gasteiger partial charge is 0.0589 e. The third-order valence-electron chi connectivity index (χ3n) is 1.58. The van der Waals surface area contributed by atoms with Gasteiger partial charge in [0.15, 0.2) is 0 Å². The third kappa shape index (κ3) is 4.31. The molecule has 0 bridgehead atoms. The topological polar surface area (TPSA) is 24.9 Å². The predicted octanol–water partition coefficient (Wildman–Crippen LogP) is 2.10. The highest BCUT2D eigenvalue weighted by Gasteiger charge is 1.93. The Morgan fingerprint density at radius 2 is 2.08 bits per heavy atom. The SMILES string of the molecule is C1CCNC1.Clc1cccnc1. The molecule has 0 unspecified atom stereocenters. The molecule has 0 spiro atoms. The van der Waals surface area contributed by atoms with Crippen molar-refractivity contribution in [2.75, 3.05) is 13.1 Å². The Morgan fingerprint density at radius 3 is 2.33 bits per heavy atom. The first-order chi connectivity index (χ1) is 5.89. The lowest BCUT2D eigenvalue weighted by molar-refractivity contribution is 0.857. The molecule has 0 atom stereocenters. The summed E-state index contributed by atoms with van der Waals surface area (Å²) in [5.74, 6) is 0. The van der Waals surface area contributed by atoms with E-state index in [1.54, 1.807) is 24.5 Å². The molecule has 1 fully saturated rings. The lowest BCUT2D eigenvalue weighted by atomic mass is 10.4. The fourth-order valence-electron chi connectivity index (χ4n) is 0.967. The van der Waals surface area contributed by atoms with Crippen LogP contribution in [0.3, 0.4) is 0 Å². The van der Waals surface area contributed by atoms with Gasteiger partial charge in [-0.1, -0.05) is 11.6 Å². The number of pyridine rings is 1. The fraction of sp³-hybridized carbons (Fsp3) is 0.444. The molecule has 0 aromatic carbocycles. The van der Waals surface area contributed by atoms with E-state index in [0.717, 1.165) is 0 Å². The molecular weight excluding hydrogens is 172 g/mol. The normalized spacial score (nSPS) is 15.1. The number of rotatable bonds is 0. The van der Waals surface area contributed by atoms with Gasteiger partial charge in [0, 0.05) is 12.4 Å². The van der Waals surface area contributed by atoms with Crippen LogP contribution in [0.15, 0.2) is 24.5 Å². The monoisotopic (exact) mass is 184 g/mol. The molecule has 3 heteroatoms. The van der Waals surface area contributed by atoms with Crippen LogP contribution >= 0.6 is 11.6 Å². The quantitative estimate of drug-likeness (QED) is 0.668. The zero-order valence-electron chi connectivity index (χ0n) is 6.96. The van der Waals surface area contributed by atoms with E-state index in [0.29, 0.717) is 5.02 Å². The van der Waals surface area contributed by atoms with Gasteiger partial charge in [0.25, 0.3) is 0 Å². The van der Waals surface area contributed by atoms with E-state index in [9.17, 15) is 0 Å². The number of hydrogen-bond donors (Lipinski definition) is 1. The van der Waals surface area contributed by atoms with Gasteiger partial charge in [0.1, 0.15) is 0 Å². The fourth-order valence-corrected chi connectivity index (χ4v) is 1.10. The van der Waals surface area contributed by atoms with E-state index >= 15 is 0 Å². The van der Waals surface area contributed by atoms with Gasteiger partial charge in [-0.2, -0.15) is 0 Å². The minimum absolute atomic E-state index is 0.683. The summed E-state index contributed by atoms with van der Waals surface area (Å²) in [5.41, 5.74) is 0. The molecule has 0 radical (unpaired) electrons. The van der Waals surface area contributed by atoms with Crippen molar-refractivity contribution < 1.29 is 0 Å². The molecule has 2 rings (SSSR count). The first-order valence-electron chi connectivity index (χ1n) is 4.16. The van der Waals surface area contributed by atoms with Crippen LogP contribution in [0, 0.1) is 0 Å². The molecule has 66 valence electrons. The third-order valence-corrected chi connectivity index (χ3v) is 1.81. The number of hydrogen-bond acceptors (Lipinski definition) is 2. The standard InChI is InChI=1S/C5H4ClN.C4H9N/c6-5-2-1-3-7-4-5;1-2-4-5-3-1/h1-4H;5H,1-4H2. The Hall–Kier alpha value is -0.600. The van der Waals surface area contributed by atoms with Gasteiger partial charge in [-0.25, -0.2) is 0 Å². The van der Waals surface area contributed by atoms with Gasteiger partial charge in [0.2, 0.25) is 0 Å². The van der Waals surface area contributed by atoms with Crippen LogP contribution in [0.1, 0.15) is 12.8 Å². The van der Waals surface area contributed by atoms with Gasteiger partial charge in [-0.15, -0.1) is 0 Å². The summed E-state index contributed by atoms with van der Waals surface area (Å²) in [4.78, 5) is 3.75. The van der Waals surface area contributed by atoms with Crippen LogP contribution in [-0.4, -0.2) is 18.1 Å². The average Bonchev–Trinajstić information content (AvgIpc) is 2.62. The lowest BCUT2D eigenvalue weighted by Crippen LogP contribution is -2.03. The number of aromatic nitrogens is 1. The Balaban J connectivity index is 0.000000127. The molecular formula is C9H13ClN2. The Kier molecular flexibility index (Phi) is 4.73. The van der Waals surface area contributed by atoms with Crippen LogP contribution in [0.4, 0.5) is 0 Å². The van der Waals surface area contributed by atoms with Gasteiger partial charge in [-0.05, 0) is 38.1 Å². The van der Waals surface area contributed by atoms with Crippen LogP contribution in [0.25, 0.3) is 0 Å². The molecule has 1 aromatic heterocycles. The van der Waals surface area contributed by atoms with Crippen LogP contribution < -0.4 is 5.32 Å². The van der Waals surface area contributed by atoms with Crippen LogP contribution in [-0.2, 0) is 0 Å². The molecule has 1 aromatic rings. The van der Waals surface area contributed by atoms with Gasteiger partial charge >= 0.3 is 0 Å². The van der Waals surface area contributed by atoms with Crippen molar-refractivity contribution in [2.45, 2.75) is 12.8 Å². The van der Waals surface area contributed by atoms with E-state index in [1.807, 2.05) is 0 Å². The van der Waals surface area contributed by atoms with Gasteiger partial charge in [-0.3, -0.25) is 4.98 Å². The number of nitrogens with zero attached hydrogens (tertiary/aromatic N) is 1. The number of halogens is 1. The zero-order chi connectivity index (χ0) is 8.65. The van der Waals surface area contributed by atoms with Crippen molar-refractivity contribution in [2.24, 2.45) is 0 Å². The first kappa shape index (κ1) is 9.49. The molecule has 0 amide bonds. The van der Waals surface area contributed by atoms with Gasteiger partial charge in [0.05, 0.1) is 5.02 Å². The summed E-state index contributed by atoms with van der Waals surface area (Å²) in [6, 6.07) is 3.58. The molecule has 1 saturated heterocycles. The summed E-state index contributed by atoms with van der Waals surface area (Å²) in [7, 11) is 0. The second kappa shape index (κ2) is 5.98. The van der Waals surface area contributed by atoms with E-state index in [4.69, 9.17) is 11.6 Å². The van der Waals surface area contributed by atoms with Crippen molar-refractivity contribution in [3.63, 3.8) is 0 Å². The molecule has 1 N–H and O–H groups in total. The van der Waals surface area contributed by atoms with Crippen molar-refractivity contribution in [1.82, 2.24) is 10.3 Å². The second-order valence-electron chi connectivity index (χ2n) is 2.63. The molecule has 12 heavy (non-hydrogen) atoms. The van der Waals surface area contributed by atoms with Crippen molar-refractivity contribution >= 4 is 11.6 Å². The first-order valence-corrected chi connectivity index (χ1v) is 4.53. The molecule has 2 nitrogen and oxygen atoms in total. The van der Waals surface area contributed by atoms with Crippen molar-refractivity contribution in [3.8, 4) is 0 Å². The maximum absolute atomic E-state index is 5.48. The molecule has 1 aliphatic heterocycles. The number of nitrogens with one attached hydrogen (secondary N) is 1. The van der Waals surface area contributed by atoms with Crippen LogP contribution in [0.5, 0.6) is 0 Å². The zero-order valence-corrected chi connectivity index (χ0v) is 7.72. The molecule has 2 heterocycles. The summed E-state index contributed by atoms with van der Waals surface area (Å²) in [5, 5.41) is 3.91. The Morgan fingerprint density at radius 1 is 1.33 bits per heavy atom. The van der Waals surface area contributed by atoms with Gasteiger partial charge < -0.3 is 5.32 Å². The summed E-state index contributed by atoms with van der Waals surface area (Å²) >= 11 is 5.48. The summed E-state index contributed by atoms with van der Waals surface area (Å²) in [6.07, 6.45) is 6.06.